The number of ether oxygens (including phenoxy) is 2. The molecule has 2 fully saturated rings. The van der Waals surface area contributed by atoms with Gasteiger partial charge in [0.1, 0.15) is 5.75 Å². The maximum atomic E-state index is 14.1. The van der Waals surface area contributed by atoms with Crippen LogP contribution in [0.25, 0.3) is 10.8 Å². The largest absolute Gasteiger partial charge is 0.497 e. The number of fused-ring (bicyclic) bond motifs is 2. The number of rotatable bonds is 7. The summed E-state index contributed by atoms with van der Waals surface area (Å²) in [6, 6.07) is 14.7. The first-order valence-corrected chi connectivity index (χ1v) is 16.1. The van der Waals surface area contributed by atoms with E-state index in [-0.39, 0.29) is 23.3 Å². The van der Waals surface area contributed by atoms with E-state index < -0.39 is 16.1 Å². The number of morpholine rings is 1. The minimum Gasteiger partial charge on any atom is -0.497 e. The summed E-state index contributed by atoms with van der Waals surface area (Å²) in [5.74, 6) is 0.713. The van der Waals surface area contributed by atoms with Gasteiger partial charge < -0.3 is 18.9 Å². The van der Waals surface area contributed by atoms with Crippen LogP contribution in [0.15, 0.2) is 59.6 Å². The van der Waals surface area contributed by atoms with Crippen LogP contribution in [0.1, 0.15) is 43.8 Å². The maximum absolute atomic E-state index is 14.1. The Bertz CT molecular complexity index is 1500. The van der Waals surface area contributed by atoms with Gasteiger partial charge in [0.05, 0.1) is 31.3 Å². The first-order valence-electron chi connectivity index (χ1n) is 14.7. The molecule has 3 heterocycles. The molecule has 0 radical (unpaired) electrons. The minimum atomic E-state index is -3.86. The quantitative estimate of drug-likeness (QED) is 0.422. The fourth-order valence-corrected chi connectivity index (χ4v) is 8.47. The van der Waals surface area contributed by atoms with Crippen LogP contribution in [0.5, 0.6) is 5.75 Å². The lowest BCUT2D eigenvalue weighted by molar-refractivity contribution is -0.134. The molecule has 2 aliphatic heterocycles. The topological polar surface area (TPSA) is 84.3 Å². The highest BCUT2D eigenvalue weighted by atomic mass is 32.2. The smallest absolute Gasteiger partial charge is 0.243 e. The normalized spacial score (nSPS) is 24.2. The van der Waals surface area contributed by atoms with Crippen molar-refractivity contribution in [1.29, 1.82) is 0 Å². The van der Waals surface area contributed by atoms with Gasteiger partial charge in [0.25, 0.3) is 0 Å². The Morgan fingerprint density at radius 2 is 1.80 bits per heavy atom. The molecule has 0 bridgehead atoms. The van der Waals surface area contributed by atoms with E-state index in [9.17, 15) is 13.2 Å². The molecule has 6 rings (SSSR count). The van der Waals surface area contributed by atoms with Gasteiger partial charge in [0.2, 0.25) is 15.9 Å². The summed E-state index contributed by atoms with van der Waals surface area (Å²) in [4.78, 5) is 18.5. The average molecular weight is 581 g/mol. The van der Waals surface area contributed by atoms with Gasteiger partial charge in [0, 0.05) is 63.6 Å². The summed E-state index contributed by atoms with van der Waals surface area (Å²) in [7, 11) is -0.350. The predicted octanol–water partition coefficient (Wildman–Crippen LogP) is 3.89. The summed E-state index contributed by atoms with van der Waals surface area (Å²) in [5.41, 5.74) is 0.863. The number of benzene rings is 2. The first kappa shape index (κ1) is 28.2. The fraction of sp³-hybridized carbons (Fsp3) is 0.516. The Kier molecular flexibility index (Phi) is 8.09. The van der Waals surface area contributed by atoms with Gasteiger partial charge in [0.15, 0.2) is 0 Å². The fourth-order valence-electron chi connectivity index (χ4n) is 6.84. The molecular weight excluding hydrogens is 540 g/mol. The van der Waals surface area contributed by atoms with Crippen LogP contribution in [0, 0.1) is 0 Å². The van der Waals surface area contributed by atoms with Crippen LogP contribution in [-0.4, -0.2) is 92.1 Å². The maximum Gasteiger partial charge on any atom is 0.243 e. The van der Waals surface area contributed by atoms with E-state index in [2.05, 4.69) is 9.47 Å². The van der Waals surface area contributed by atoms with E-state index in [4.69, 9.17) is 9.47 Å². The summed E-state index contributed by atoms with van der Waals surface area (Å²) < 4.78 is 42.7. The lowest BCUT2D eigenvalue weighted by Gasteiger charge is -2.42. The molecule has 1 unspecified atom stereocenters. The third kappa shape index (κ3) is 5.62. The summed E-state index contributed by atoms with van der Waals surface area (Å²) in [6.45, 7) is 4.30. The van der Waals surface area contributed by atoms with Crippen molar-refractivity contribution in [3.63, 3.8) is 0 Å². The number of carbonyl (C=O) groups excluding carboxylic acids is 1. The highest BCUT2D eigenvalue weighted by Crippen LogP contribution is 2.36. The second-order valence-corrected chi connectivity index (χ2v) is 13.4. The molecule has 3 aromatic rings. The number of amides is 1. The van der Waals surface area contributed by atoms with Gasteiger partial charge >= 0.3 is 0 Å². The van der Waals surface area contributed by atoms with Crippen molar-refractivity contribution in [2.24, 2.45) is 0 Å². The Morgan fingerprint density at radius 3 is 2.61 bits per heavy atom. The highest BCUT2D eigenvalue weighted by Gasteiger charge is 2.39. The molecular formula is C31H40N4O5S. The van der Waals surface area contributed by atoms with Crippen molar-refractivity contribution in [2.75, 3.05) is 47.0 Å². The van der Waals surface area contributed by atoms with Gasteiger partial charge in [-0.3, -0.25) is 9.69 Å². The number of hydrogen-bond acceptors (Lipinski definition) is 6. The van der Waals surface area contributed by atoms with Crippen LogP contribution >= 0.6 is 0 Å². The summed E-state index contributed by atoms with van der Waals surface area (Å²) in [6.07, 6.45) is 6.26. The number of aromatic nitrogens is 1. The van der Waals surface area contributed by atoms with Gasteiger partial charge in [-0.25, -0.2) is 8.42 Å². The van der Waals surface area contributed by atoms with Crippen molar-refractivity contribution in [1.82, 2.24) is 18.7 Å². The van der Waals surface area contributed by atoms with Crippen LogP contribution in [0.3, 0.4) is 0 Å². The highest BCUT2D eigenvalue weighted by molar-refractivity contribution is 7.89. The molecule has 1 saturated heterocycles. The zero-order chi connectivity index (χ0) is 28.6. The monoisotopic (exact) mass is 580 g/mol. The van der Waals surface area contributed by atoms with Gasteiger partial charge in [-0.15, -0.1) is 0 Å². The molecule has 0 spiro atoms. The predicted molar refractivity (Wildman–Crippen MR) is 157 cm³/mol. The van der Waals surface area contributed by atoms with Crippen LogP contribution in [-0.2, 0) is 26.1 Å². The second kappa shape index (κ2) is 11.8. The van der Waals surface area contributed by atoms with Gasteiger partial charge in [-0.1, -0.05) is 12.1 Å². The molecule has 9 nitrogen and oxygen atoms in total. The number of carbonyl (C=O) groups is 1. The second-order valence-electron chi connectivity index (χ2n) is 11.5. The molecule has 0 N–H and O–H groups in total. The Morgan fingerprint density at radius 1 is 1.02 bits per heavy atom. The van der Waals surface area contributed by atoms with Crippen molar-refractivity contribution >= 4 is 26.7 Å². The molecule has 1 saturated carbocycles. The van der Waals surface area contributed by atoms with Crippen molar-refractivity contribution in [2.45, 2.75) is 61.7 Å². The molecule has 3 atom stereocenters. The van der Waals surface area contributed by atoms with E-state index in [1.807, 2.05) is 54.5 Å². The van der Waals surface area contributed by atoms with E-state index in [1.165, 1.54) is 4.31 Å². The zero-order valence-corrected chi connectivity index (χ0v) is 24.8. The van der Waals surface area contributed by atoms with Crippen molar-refractivity contribution < 1.29 is 22.7 Å². The third-order valence-electron chi connectivity index (χ3n) is 9.23. The SMILES string of the molecule is COc1ccc2cc(S(=O)(=O)N3CCn4cccc4C3CC(=O)N(C)[C@@H]3CCC[C@H](N4CCOCC4)C3)ccc2c1. The number of sulfonamides is 1. The minimum absolute atomic E-state index is 0.0110. The van der Waals surface area contributed by atoms with E-state index in [0.717, 1.165) is 74.2 Å². The van der Waals surface area contributed by atoms with Crippen molar-refractivity contribution in [3.05, 3.63) is 60.4 Å². The molecule has 3 aliphatic rings. The van der Waals surface area contributed by atoms with Crippen LogP contribution in [0.2, 0.25) is 0 Å². The Labute approximate surface area is 242 Å². The lowest BCUT2D eigenvalue weighted by Crippen LogP contribution is -2.50. The summed E-state index contributed by atoms with van der Waals surface area (Å²) >= 11 is 0. The number of methoxy groups -OCH3 is 1. The molecule has 10 heteroatoms. The molecule has 220 valence electrons. The molecule has 1 amide bonds. The molecule has 41 heavy (non-hydrogen) atoms. The Hall–Kier alpha value is -2.92. The van der Waals surface area contributed by atoms with Gasteiger partial charge in [-0.05, 0) is 72.9 Å². The number of hydrogen-bond donors (Lipinski definition) is 0. The molecule has 2 aromatic carbocycles. The van der Waals surface area contributed by atoms with Crippen molar-refractivity contribution in [3.8, 4) is 5.75 Å². The standard InChI is InChI=1S/C31H40N4O5S/c1-32(25-5-3-6-26(21-25)33-15-17-40-18-16-33)31(36)22-30-29-7-4-12-34(29)13-14-35(30)41(37,38)28-11-9-23-19-27(39-2)10-8-24(23)20-28/h4,7-12,19-20,25-26,30H,3,5-6,13-18,21-22H2,1-2H3/t25-,26+,30?/m1/s1. The summed E-state index contributed by atoms with van der Waals surface area (Å²) in [5, 5.41) is 1.73. The van der Waals surface area contributed by atoms with E-state index in [0.29, 0.717) is 19.1 Å². The van der Waals surface area contributed by atoms with E-state index >= 15 is 0 Å². The average Bonchev–Trinajstić information content (AvgIpc) is 3.50. The lowest BCUT2D eigenvalue weighted by atomic mass is 9.88. The van der Waals surface area contributed by atoms with E-state index in [1.54, 1.807) is 19.2 Å². The zero-order valence-electron chi connectivity index (χ0n) is 23.9. The molecule has 1 aromatic heterocycles. The van der Waals surface area contributed by atoms with Crippen LogP contribution in [0.4, 0.5) is 0 Å². The third-order valence-corrected chi connectivity index (χ3v) is 11.1. The Balaban J connectivity index is 1.23. The number of nitrogens with zero attached hydrogens (tertiary/aromatic N) is 4. The van der Waals surface area contributed by atoms with Gasteiger partial charge in [-0.2, -0.15) is 4.31 Å². The first-order chi connectivity index (χ1) is 19.8. The van der Waals surface area contributed by atoms with Crippen LogP contribution < -0.4 is 4.74 Å². The molecule has 1 aliphatic carbocycles.